The van der Waals surface area contributed by atoms with Crippen LogP contribution in [0, 0.1) is 0 Å². The van der Waals surface area contributed by atoms with Crippen LogP contribution in [0.1, 0.15) is 36.3 Å². The van der Waals surface area contributed by atoms with E-state index in [0.29, 0.717) is 12.2 Å². The van der Waals surface area contributed by atoms with E-state index in [1.165, 1.54) is 0 Å². The van der Waals surface area contributed by atoms with Gasteiger partial charge in [0.2, 0.25) is 5.91 Å². The second kappa shape index (κ2) is 9.96. The van der Waals surface area contributed by atoms with E-state index in [0.717, 1.165) is 41.8 Å². The van der Waals surface area contributed by atoms with Crippen LogP contribution in [0.15, 0.2) is 73.1 Å². The number of benzene rings is 2. The maximum Gasteiger partial charge on any atom is 0.341 e. The van der Waals surface area contributed by atoms with E-state index < -0.39 is 5.97 Å². The molecule has 0 saturated carbocycles. The van der Waals surface area contributed by atoms with Gasteiger partial charge < -0.3 is 9.84 Å². The van der Waals surface area contributed by atoms with Crippen molar-refractivity contribution in [2.24, 2.45) is 0 Å². The lowest BCUT2D eigenvalue weighted by atomic mass is 9.80. The third kappa shape index (κ3) is 5.06. The van der Waals surface area contributed by atoms with Gasteiger partial charge in [0.15, 0.2) is 6.61 Å². The molecule has 0 bridgehead atoms. The number of hydrazine groups is 1. The molecule has 1 aliphatic carbocycles. The largest absolute Gasteiger partial charge is 0.482 e. The van der Waals surface area contributed by atoms with E-state index in [1.807, 2.05) is 54.6 Å². The van der Waals surface area contributed by atoms with Gasteiger partial charge in [-0.15, -0.1) is 0 Å². The SMILES string of the molecule is O=C(O)COc1cccc2c1CCCC2CC(=O)NN(c1ccccc1)c1cccnc1. The van der Waals surface area contributed by atoms with Gasteiger partial charge in [-0.05, 0) is 66.6 Å². The number of rotatable bonds is 8. The molecule has 1 atom stereocenters. The van der Waals surface area contributed by atoms with Crippen molar-refractivity contribution >= 4 is 23.3 Å². The number of nitrogens with zero attached hydrogens (tertiary/aromatic N) is 2. The number of carbonyl (C=O) groups is 2. The van der Waals surface area contributed by atoms with Gasteiger partial charge >= 0.3 is 5.97 Å². The number of para-hydroxylation sites is 1. The topological polar surface area (TPSA) is 91.8 Å². The number of aliphatic carboxylic acids is 1. The van der Waals surface area contributed by atoms with Gasteiger partial charge in [-0.1, -0.05) is 30.3 Å². The zero-order chi connectivity index (χ0) is 22.3. The molecule has 32 heavy (non-hydrogen) atoms. The molecule has 0 saturated heterocycles. The molecule has 1 aromatic heterocycles. The van der Waals surface area contributed by atoms with Gasteiger partial charge in [-0.3, -0.25) is 20.2 Å². The predicted molar refractivity (Wildman–Crippen MR) is 121 cm³/mol. The predicted octanol–water partition coefficient (Wildman–Crippen LogP) is 4.22. The Morgan fingerprint density at radius 3 is 2.62 bits per heavy atom. The highest BCUT2D eigenvalue weighted by atomic mass is 16.5. The van der Waals surface area contributed by atoms with E-state index >= 15 is 0 Å². The van der Waals surface area contributed by atoms with Crippen LogP contribution in [-0.4, -0.2) is 28.6 Å². The minimum absolute atomic E-state index is 0.0404. The second-order valence-electron chi connectivity index (χ2n) is 7.72. The van der Waals surface area contributed by atoms with E-state index in [9.17, 15) is 9.59 Å². The van der Waals surface area contributed by atoms with E-state index in [2.05, 4.69) is 10.4 Å². The van der Waals surface area contributed by atoms with E-state index in [-0.39, 0.29) is 18.4 Å². The average Bonchev–Trinajstić information content (AvgIpc) is 2.82. The Morgan fingerprint density at radius 2 is 1.88 bits per heavy atom. The smallest absolute Gasteiger partial charge is 0.341 e. The zero-order valence-corrected chi connectivity index (χ0v) is 17.6. The highest BCUT2D eigenvalue weighted by Crippen LogP contribution is 2.38. The van der Waals surface area contributed by atoms with Crippen LogP contribution < -0.4 is 15.2 Å². The van der Waals surface area contributed by atoms with Crippen LogP contribution in [0.25, 0.3) is 0 Å². The van der Waals surface area contributed by atoms with Crippen molar-refractivity contribution in [2.45, 2.75) is 31.6 Å². The first kappa shape index (κ1) is 21.4. The highest BCUT2D eigenvalue weighted by Gasteiger charge is 2.26. The van der Waals surface area contributed by atoms with Crippen LogP contribution >= 0.6 is 0 Å². The first-order chi connectivity index (χ1) is 15.6. The Balaban J connectivity index is 1.52. The number of hydrogen-bond donors (Lipinski definition) is 2. The number of ether oxygens (including phenoxy) is 1. The third-order valence-corrected chi connectivity index (χ3v) is 5.53. The quantitative estimate of drug-likeness (QED) is 0.519. The molecule has 0 spiro atoms. The lowest BCUT2D eigenvalue weighted by Gasteiger charge is -2.29. The summed E-state index contributed by atoms with van der Waals surface area (Å²) in [6, 6.07) is 19.0. The molecule has 2 aromatic carbocycles. The third-order valence-electron chi connectivity index (χ3n) is 5.53. The van der Waals surface area contributed by atoms with Crippen molar-refractivity contribution in [1.82, 2.24) is 10.4 Å². The normalized spacial score (nSPS) is 14.8. The molecule has 0 radical (unpaired) electrons. The number of nitrogens with one attached hydrogen (secondary N) is 1. The van der Waals surface area contributed by atoms with Crippen LogP contribution in [0.4, 0.5) is 11.4 Å². The lowest BCUT2D eigenvalue weighted by molar-refractivity contribution is -0.139. The monoisotopic (exact) mass is 431 g/mol. The number of carboxylic acids is 1. The van der Waals surface area contributed by atoms with Crippen molar-refractivity contribution in [2.75, 3.05) is 11.6 Å². The van der Waals surface area contributed by atoms with Crippen molar-refractivity contribution in [3.8, 4) is 5.75 Å². The molecule has 0 aliphatic heterocycles. The summed E-state index contributed by atoms with van der Waals surface area (Å²) in [6.07, 6.45) is 6.34. The fourth-order valence-electron chi connectivity index (χ4n) is 4.14. The molecule has 7 nitrogen and oxygen atoms in total. The number of hydrogen-bond acceptors (Lipinski definition) is 5. The number of anilines is 2. The maximum atomic E-state index is 13.1. The van der Waals surface area contributed by atoms with Crippen molar-refractivity contribution < 1.29 is 19.4 Å². The number of fused-ring (bicyclic) bond motifs is 1. The molecule has 2 N–H and O–H groups in total. The summed E-state index contributed by atoms with van der Waals surface area (Å²) in [5, 5.41) is 10.7. The summed E-state index contributed by atoms with van der Waals surface area (Å²) in [7, 11) is 0. The Kier molecular flexibility index (Phi) is 6.65. The van der Waals surface area contributed by atoms with Gasteiger partial charge in [-0.25, -0.2) is 4.79 Å². The van der Waals surface area contributed by atoms with E-state index in [1.54, 1.807) is 23.5 Å². The van der Waals surface area contributed by atoms with Crippen molar-refractivity contribution in [3.63, 3.8) is 0 Å². The fraction of sp³-hybridized carbons (Fsp3) is 0.240. The Hall–Kier alpha value is -3.87. The van der Waals surface area contributed by atoms with Gasteiger partial charge in [0, 0.05) is 12.6 Å². The molecule has 1 heterocycles. The average molecular weight is 431 g/mol. The lowest BCUT2D eigenvalue weighted by Crippen LogP contribution is -2.39. The summed E-state index contributed by atoms with van der Waals surface area (Å²) in [5.74, 6) is -0.479. The van der Waals surface area contributed by atoms with Gasteiger partial charge in [-0.2, -0.15) is 0 Å². The van der Waals surface area contributed by atoms with Crippen LogP contribution in [0.3, 0.4) is 0 Å². The molecule has 1 unspecified atom stereocenters. The van der Waals surface area contributed by atoms with Gasteiger partial charge in [0.25, 0.3) is 0 Å². The van der Waals surface area contributed by atoms with Crippen molar-refractivity contribution in [1.29, 1.82) is 0 Å². The molecule has 4 rings (SSSR count). The molecule has 164 valence electrons. The summed E-state index contributed by atoms with van der Waals surface area (Å²) < 4.78 is 5.48. The molecular formula is C25H25N3O4. The van der Waals surface area contributed by atoms with Gasteiger partial charge in [0.1, 0.15) is 5.75 Å². The highest BCUT2D eigenvalue weighted by molar-refractivity contribution is 5.81. The minimum Gasteiger partial charge on any atom is -0.482 e. The molecule has 1 amide bonds. The Labute approximate surface area is 186 Å². The zero-order valence-electron chi connectivity index (χ0n) is 17.6. The summed E-state index contributed by atoms with van der Waals surface area (Å²) in [6.45, 7) is -0.376. The number of amides is 1. The summed E-state index contributed by atoms with van der Waals surface area (Å²) >= 11 is 0. The van der Waals surface area contributed by atoms with Gasteiger partial charge in [0.05, 0.1) is 17.6 Å². The number of carbonyl (C=O) groups excluding carboxylic acids is 1. The first-order valence-electron chi connectivity index (χ1n) is 10.6. The fourth-order valence-corrected chi connectivity index (χ4v) is 4.14. The van der Waals surface area contributed by atoms with Crippen LogP contribution in [-0.2, 0) is 16.0 Å². The molecule has 7 heteroatoms. The van der Waals surface area contributed by atoms with E-state index in [4.69, 9.17) is 9.84 Å². The molecule has 1 aliphatic rings. The molecule has 3 aromatic rings. The summed E-state index contributed by atoms with van der Waals surface area (Å²) in [4.78, 5) is 28.2. The first-order valence-corrected chi connectivity index (χ1v) is 10.6. The van der Waals surface area contributed by atoms with Crippen LogP contribution in [0.2, 0.25) is 0 Å². The summed E-state index contributed by atoms with van der Waals surface area (Å²) in [5.41, 5.74) is 6.69. The Bertz CT molecular complexity index is 1030. The minimum atomic E-state index is -1.01. The van der Waals surface area contributed by atoms with Crippen LogP contribution in [0.5, 0.6) is 5.75 Å². The Morgan fingerprint density at radius 1 is 1.06 bits per heavy atom. The second-order valence-corrected chi connectivity index (χ2v) is 7.72. The standard InChI is InChI=1S/C25H25N3O4/c29-24(27-28(19-8-2-1-3-9-19)20-10-6-14-26-16-20)15-18-7-4-12-22-21(18)11-5-13-23(22)32-17-25(30)31/h1-3,5-6,8-11,13-14,16,18H,4,7,12,15,17H2,(H,27,29)(H,30,31). The number of aromatic nitrogens is 1. The number of pyridine rings is 1. The molecular weight excluding hydrogens is 406 g/mol. The molecule has 0 fully saturated rings. The maximum absolute atomic E-state index is 13.1. The number of carboxylic acid groups (broad SMARTS) is 1. The van der Waals surface area contributed by atoms with Crippen molar-refractivity contribution in [3.05, 3.63) is 84.2 Å².